The predicted molar refractivity (Wildman–Crippen MR) is 235 cm³/mol. The van der Waals surface area contributed by atoms with Crippen molar-refractivity contribution in [2.45, 2.75) is 6.92 Å². The summed E-state index contributed by atoms with van der Waals surface area (Å²) in [6.45, 7) is 6.40. The van der Waals surface area contributed by atoms with E-state index in [2.05, 4.69) is 90.0 Å². The van der Waals surface area contributed by atoms with Crippen LogP contribution in [0.1, 0.15) is 23.9 Å². The van der Waals surface area contributed by atoms with E-state index in [0.717, 1.165) is 82.8 Å². The molecule has 0 fully saturated rings. The Hall–Kier alpha value is -7.70. The zero-order valence-corrected chi connectivity index (χ0v) is 31.2. The summed E-state index contributed by atoms with van der Waals surface area (Å²) in [6, 6.07) is 59.7. The molecule has 3 heterocycles. The number of hydrogen-bond acceptors (Lipinski definition) is 5. The van der Waals surface area contributed by atoms with Gasteiger partial charge in [0.2, 0.25) is 0 Å². The van der Waals surface area contributed by atoms with Gasteiger partial charge in [0.25, 0.3) is 0 Å². The molecule has 6 heteroatoms. The average Bonchev–Trinajstić information content (AvgIpc) is 3.83. The third kappa shape index (κ3) is 6.01. The molecule has 0 aliphatic heterocycles. The Morgan fingerprint density at radius 1 is 0.579 bits per heavy atom. The zero-order chi connectivity index (χ0) is 38.3. The van der Waals surface area contributed by atoms with Crippen LogP contribution in [0.15, 0.2) is 192 Å². The predicted octanol–water partition coefficient (Wildman–Crippen LogP) is 12.9. The lowest BCUT2D eigenvalue weighted by molar-refractivity contribution is 0.668. The van der Waals surface area contributed by atoms with Gasteiger partial charge in [-0.15, -0.1) is 0 Å². The van der Waals surface area contributed by atoms with Crippen molar-refractivity contribution in [1.29, 1.82) is 0 Å². The second-order valence-corrected chi connectivity index (χ2v) is 14.0. The van der Waals surface area contributed by atoms with E-state index in [-0.39, 0.29) is 0 Å². The highest BCUT2D eigenvalue weighted by Crippen LogP contribution is 2.43. The molecule has 0 spiro atoms. The summed E-state index contributed by atoms with van der Waals surface area (Å²) in [7, 11) is 0. The smallest absolute Gasteiger partial charge is 0.164 e. The second kappa shape index (κ2) is 14.2. The minimum Gasteiger partial charge on any atom is -0.455 e. The second-order valence-electron chi connectivity index (χ2n) is 14.0. The van der Waals surface area contributed by atoms with Crippen molar-refractivity contribution < 1.29 is 4.42 Å². The molecule has 270 valence electrons. The maximum atomic E-state index is 6.91. The Morgan fingerprint density at radius 3 is 1.86 bits per heavy atom. The Balaban J connectivity index is 1.24. The fourth-order valence-corrected chi connectivity index (χ4v) is 7.71. The quantitative estimate of drug-likeness (QED) is 0.146. The molecule has 0 amide bonds. The van der Waals surface area contributed by atoms with E-state index < -0.39 is 0 Å². The number of furan rings is 1. The SMILES string of the molecule is C=C(/C=N\C(=C(/C)c1nc(-c2ccccc2)nc(-c2ccccc2)n1)c1cccc2c1oc1ccc3c(c4ccccc4n3-c3ccccc3)c12)c1ccccc1. The molecule has 0 aliphatic rings. The minimum absolute atomic E-state index is 0.515. The van der Waals surface area contributed by atoms with Gasteiger partial charge in [0.05, 0.1) is 16.7 Å². The number of para-hydroxylation sites is 3. The molecule has 10 rings (SSSR count). The van der Waals surface area contributed by atoms with Crippen LogP contribution >= 0.6 is 0 Å². The Kier molecular flexibility index (Phi) is 8.42. The van der Waals surface area contributed by atoms with Crippen LogP contribution in [0.3, 0.4) is 0 Å². The molecule has 3 aromatic heterocycles. The van der Waals surface area contributed by atoms with Crippen LogP contribution in [-0.4, -0.2) is 25.7 Å². The van der Waals surface area contributed by atoms with Gasteiger partial charge in [0.15, 0.2) is 17.5 Å². The van der Waals surface area contributed by atoms with Crippen molar-refractivity contribution in [2.24, 2.45) is 4.99 Å². The molecule has 6 nitrogen and oxygen atoms in total. The Bertz CT molecular complexity index is 3120. The van der Waals surface area contributed by atoms with E-state index in [0.29, 0.717) is 23.2 Å². The van der Waals surface area contributed by atoms with Crippen LogP contribution in [0.5, 0.6) is 0 Å². The lowest BCUT2D eigenvalue weighted by atomic mass is 10.0. The molecule has 0 atom stereocenters. The van der Waals surface area contributed by atoms with Gasteiger partial charge in [-0.2, -0.15) is 0 Å². The molecule has 0 unspecified atom stereocenters. The maximum absolute atomic E-state index is 6.91. The molecule has 0 saturated heterocycles. The Labute approximate surface area is 329 Å². The highest BCUT2D eigenvalue weighted by Gasteiger charge is 2.22. The lowest BCUT2D eigenvalue weighted by Gasteiger charge is -2.12. The van der Waals surface area contributed by atoms with Crippen LogP contribution in [0, 0.1) is 0 Å². The molecule has 0 bridgehead atoms. The first kappa shape index (κ1) is 33.8. The fourth-order valence-electron chi connectivity index (χ4n) is 7.71. The monoisotopic (exact) mass is 733 g/mol. The van der Waals surface area contributed by atoms with E-state index in [9.17, 15) is 0 Å². The largest absolute Gasteiger partial charge is 0.455 e. The Morgan fingerprint density at radius 2 is 1.18 bits per heavy atom. The average molecular weight is 734 g/mol. The number of allylic oxidation sites excluding steroid dienone is 2. The highest BCUT2D eigenvalue weighted by atomic mass is 16.3. The summed E-state index contributed by atoms with van der Waals surface area (Å²) < 4.78 is 9.24. The van der Waals surface area contributed by atoms with Crippen LogP contribution in [-0.2, 0) is 0 Å². The third-order valence-corrected chi connectivity index (χ3v) is 10.5. The first-order chi connectivity index (χ1) is 28.1. The van der Waals surface area contributed by atoms with Gasteiger partial charge in [-0.05, 0) is 54.5 Å². The summed E-state index contributed by atoms with van der Waals surface area (Å²) in [6.07, 6.45) is 1.82. The van der Waals surface area contributed by atoms with Crippen molar-refractivity contribution in [2.75, 3.05) is 0 Å². The van der Waals surface area contributed by atoms with Gasteiger partial charge in [0, 0.05) is 55.7 Å². The summed E-state index contributed by atoms with van der Waals surface area (Å²) >= 11 is 0. The van der Waals surface area contributed by atoms with E-state index >= 15 is 0 Å². The number of nitrogens with zero attached hydrogens (tertiary/aromatic N) is 5. The number of hydrogen-bond donors (Lipinski definition) is 0. The van der Waals surface area contributed by atoms with Gasteiger partial charge >= 0.3 is 0 Å². The van der Waals surface area contributed by atoms with E-state index in [1.54, 1.807) is 0 Å². The number of fused-ring (bicyclic) bond motifs is 7. The van der Waals surface area contributed by atoms with Crippen LogP contribution in [0.25, 0.3) is 89.1 Å². The van der Waals surface area contributed by atoms with Crippen LogP contribution < -0.4 is 0 Å². The number of benzene rings is 7. The molecular formula is C51H35N5O. The van der Waals surface area contributed by atoms with Gasteiger partial charge < -0.3 is 8.98 Å². The van der Waals surface area contributed by atoms with Crippen molar-refractivity contribution >= 4 is 66.8 Å². The fraction of sp³-hybridized carbons (Fsp3) is 0.0196. The summed E-state index contributed by atoms with van der Waals surface area (Å²) in [4.78, 5) is 20.3. The number of aliphatic imine (C=N–C) groups is 1. The van der Waals surface area contributed by atoms with Crippen molar-refractivity contribution in [3.05, 3.63) is 199 Å². The lowest BCUT2D eigenvalue weighted by Crippen LogP contribution is -2.03. The van der Waals surface area contributed by atoms with E-state index in [1.165, 1.54) is 0 Å². The molecule has 7 aromatic carbocycles. The molecule has 10 aromatic rings. The summed E-state index contributed by atoms with van der Waals surface area (Å²) in [5, 5.41) is 4.36. The van der Waals surface area contributed by atoms with E-state index in [4.69, 9.17) is 24.4 Å². The summed E-state index contributed by atoms with van der Waals surface area (Å²) in [5.41, 5.74) is 10.7. The van der Waals surface area contributed by atoms with Gasteiger partial charge in [-0.3, -0.25) is 4.99 Å². The van der Waals surface area contributed by atoms with E-state index in [1.807, 2.05) is 110 Å². The molecule has 0 saturated carbocycles. The standard InChI is InChI=1S/C51H35N5O/c1-33(35-18-7-3-8-19-35)32-52-47(34(2)49-53-50(36-20-9-4-10-21-36)55-51(54-49)37-22-11-5-12-23-37)41-28-17-27-40-46-44(57-48(40)41)31-30-43-45(46)39-26-15-16-29-42(39)56(43)38-24-13-6-14-25-38/h3-32H,1H2,2H3/b47-34+,52-32-. The zero-order valence-electron chi connectivity index (χ0n) is 31.2. The normalized spacial score (nSPS) is 12.2. The van der Waals surface area contributed by atoms with Crippen LogP contribution in [0.2, 0.25) is 0 Å². The number of rotatable bonds is 8. The highest BCUT2D eigenvalue weighted by molar-refractivity contribution is 6.28. The summed E-state index contributed by atoms with van der Waals surface area (Å²) in [5.74, 6) is 1.67. The van der Waals surface area contributed by atoms with Gasteiger partial charge in [-0.25, -0.2) is 15.0 Å². The molecule has 0 radical (unpaired) electrons. The molecule has 0 N–H and O–H groups in total. The minimum atomic E-state index is 0.515. The van der Waals surface area contributed by atoms with Crippen LogP contribution in [0.4, 0.5) is 0 Å². The molecule has 57 heavy (non-hydrogen) atoms. The topological polar surface area (TPSA) is 69.1 Å². The first-order valence-electron chi connectivity index (χ1n) is 18.9. The molecular weight excluding hydrogens is 699 g/mol. The van der Waals surface area contributed by atoms with Gasteiger partial charge in [0.1, 0.15) is 11.2 Å². The van der Waals surface area contributed by atoms with Gasteiger partial charge in [-0.1, -0.05) is 146 Å². The number of aromatic nitrogens is 4. The van der Waals surface area contributed by atoms with Crippen molar-refractivity contribution in [1.82, 2.24) is 19.5 Å². The van der Waals surface area contributed by atoms with Crippen molar-refractivity contribution in [3.8, 4) is 28.5 Å². The first-order valence-corrected chi connectivity index (χ1v) is 18.9. The van der Waals surface area contributed by atoms with Crippen molar-refractivity contribution in [3.63, 3.8) is 0 Å². The molecule has 0 aliphatic carbocycles. The third-order valence-electron chi connectivity index (χ3n) is 10.5. The maximum Gasteiger partial charge on any atom is 0.164 e.